The summed E-state index contributed by atoms with van der Waals surface area (Å²) in [5.41, 5.74) is 2.97. The van der Waals surface area contributed by atoms with Gasteiger partial charge in [-0.15, -0.1) is 23.1 Å². The van der Waals surface area contributed by atoms with Gasteiger partial charge in [0.05, 0.1) is 11.2 Å². The lowest BCUT2D eigenvalue weighted by molar-refractivity contribution is -0.116. The summed E-state index contributed by atoms with van der Waals surface area (Å²) in [6.07, 6.45) is 1.98. The topological polar surface area (TPSA) is 76.9 Å². The van der Waals surface area contributed by atoms with Crippen LogP contribution in [-0.2, 0) is 11.3 Å². The number of fused-ring (bicyclic) bond motifs is 3. The van der Waals surface area contributed by atoms with Crippen LogP contribution < -0.4 is 10.9 Å². The lowest BCUT2D eigenvalue weighted by Gasteiger charge is -2.10. The maximum absolute atomic E-state index is 13.3. The largest absolute Gasteiger partial charge is 0.324 e. The summed E-state index contributed by atoms with van der Waals surface area (Å²) in [5, 5.41) is 3.72. The minimum Gasteiger partial charge on any atom is -0.324 e. The van der Waals surface area contributed by atoms with Crippen molar-refractivity contribution in [1.29, 1.82) is 0 Å². The van der Waals surface area contributed by atoms with Gasteiger partial charge < -0.3 is 5.32 Å². The molecule has 0 saturated heterocycles. The molecular weight excluding hydrogens is 452 g/mol. The van der Waals surface area contributed by atoms with E-state index in [1.54, 1.807) is 18.7 Å². The van der Waals surface area contributed by atoms with Gasteiger partial charge in [0.25, 0.3) is 5.56 Å². The third-order valence-corrected chi connectivity index (χ3v) is 7.16. The molecule has 2 aromatic carbocycles. The van der Waals surface area contributed by atoms with Crippen LogP contribution in [0.4, 0.5) is 5.69 Å². The van der Waals surface area contributed by atoms with E-state index in [0.29, 0.717) is 21.7 Å². The number of rotatable bonds is 5. The Balaban J connectivity index is 1.50. The number of carbonyl (C=O) groups excluding carboxylic acids is 1. The number of thiophene rings is 1. The summed E-state index contributed by atoms with van der Waals surface area (Å²) >= 11 is 2.92. The quantitative estimate of drug-likeness (QED) is 0.349. The molecule has 6 nitrogen and oxygen atoms in total. The number of nitrogens with zero attached hydrogens (tertiary/aromatic N) is 3. The van der Waals surface area contributed by atoms with E-state index in [1.807, 2.05) is 73.0 Å². The molecule has 3 heterocycles. The first kappa shape index (κ1) is 21.4. The van der Waals surface area contributed by atoms with Crippen LogP contribution in [0.15, 0.2) is 76.4 Å². The lowest BCUT2D eigenvalue weighted by atomic mass is 10.1. The standard InChI is InChI=1S/C25H20N4O2S2/c1-15-26-22-19-11-12-20(16-7-4-3-5-8-16)28-24(19)33-23(22)25(31)29(15)14-21(30)27-17-9-6-10-18(13-17)32-2/h3-13H,14H2,1-2H3,(H,27,30). The molecule has 0 radical (unpaired) electrons. The third-order valence-electron chi connectivity index (χ3n) is 5.36. The number of amides is 1. The number of anilines is 1. The lowest BCUT2D eigenvalue weighted by Crippen LogP contribution is -2.29. The van der Waals surface area contributed by atoms with E-state index in [4.69, 9.17) is 4.98 Å². The Morgan fingerprint density at radius 1 is 1.06 bits per heavy atom. The number of aryl methyl sites for hydroxylation is 1. The molecule has 0 aliphatic carbocycles. The number of carbonyl (C=O) groups is 1. The SMILES string of the molecule is CSc1cccc(NC(=O)Cn2c(C)nc3c(sc4nc(-c5ccccc5)ccc43)c2=O)c1. The van der Waals surface area contributed by atoms with Gasteiger partial charge in [0, 0.05) is 21.5 Å². The average molecular weight is 473 g/mol. The van der Waals surface area contributed by atoms with Crippen LogP contribution >= 0.6 is 23.1 Å². The zero-order valence-corrected chi connectivity index (χ0v) is 19.7. The minimum absolute atomic E-state index is 0.103. The number of hydrogen-bond acceptors (Lipinski definition) is 6. The number of aromatic nitrogens is 3. The van der Waals surface area contributed by atoms with Crippen molar-refractivity contribution < 1.29 is 4.79 Å². The number of pyridine rings is 1. The van der Waals surface area contributed by atoms with E-state index in [0.717, 1.165) is 26.4 Å². The molecule has 1 N–H and O–H groups in total. The van der Waals surface area contributed by atoms with Crippen LogP contribution in [-0.4, -0.2) is 26.7 Å². The van der Waals surface area contributed by atoms with Crippen LogP contribution in [0.1, 0.15) is 5.82 Å². The number of benzene rings is 2. The van der Waals surface area contributed by atoms with Crippen molar-refractivity contribution in [2.45, 2.75) is 18.4 Å². The molecular formula is C25H20N4O2S2. The molecule has 8 heteroatoms. The Morgan fingerprint density at radius 3 is 2.67 bits per heavy atom. The van der Waals surface area contributed by atoms with Gasteiger partial charge in [0.1, 0.15) is 21.9 Å². The van der Waals surface area contributed by atoms with E-state index in [-0.39, 0.29) is 18.0 Å². The van der Waals surface area contributed by atoms with Crippen LogP contribution in [0.2, 0.25) is 0 Å². The van der Waals surface area contributed by atoms with Gasteiger partial charge in [0.2, 0.25) is 5.91 Å². The fraction of sp³-hybridized carbons (Fsp3) is 0.120. The second kappa shape index (κ2) is 8.80. The van der Waals surface area contributed by atoms with E-state index in [2.05, 4.69) is 10.3 Å². The monoisotopic (exact) mass is 472 g/mol. The molecule has 0 atom stereocenters. The van der Waals surface area contributed by atoms with Crippen molar-refractivity contribution in [1.82, 2.24) is 14.5 Å². The molecule has 0 saturated carbocycles. The van der Waals surface area contributed by atoms with E-state index in [9.17, 15) is 9.59 Å². The second-order valence-corrected chi connectivity index (χ2v) is 9.40. The normalized spacial score (nSPS) is 11.2. The highest BCUT2D eigenvalue weighted by molar-refractivity contribution is 7.98. The van der Waals surface area contributed by atoms with E-state index >= 15 is 0 Å². The molecule has 0 aliphatic rings. The average Bonchev–Trinajstić information content (AvgIpc) is 3.20. The Labute approximate surface area is 198 Å². The summed E-state index contributed by atoms with van der Waals surface area (Å²) in [6.45, 7) is 1.64. The van der Waals surface area contributed by atoms with Crippen LogP contribution in [0, 0.1) is 6.92 Å². The van der Waals surface area contributed by atoms with Crippen LogP contribution in [0.5, 0.6) is 0 Å². The predicted octanol–water partition coefficient (Wildman–Crippen LogP) is 5.34. The van der Waals surface area contributed by atoms with Gasteiger partial charge in [-0.25, -0.2) is 9.97 Å². The molecule has 0 unspecified atom stereocenters. The molecule has 0 spiro atoms. The Kier molecular flexibility index (Phi) is 5.70. The van der Waals surface area contributed by atoms with E-state index < -0.39 is 0 Å². The van der Waals surface area contributed by atoms with E-state index in [1.165, 1.54) is 15.9 Å². The van der Waals surface area contributed by atoms with Crippen molar-refractivity contribution in [3.05, 3.63) is 82.9 Å². The first-order valence-electron chi connectivity index (χ1n) is 10.3. The Hall–Kier alpha value is -3.49. The zero-order valence-electron chi connectivity index (χ0n) is 18.0. The second-order valence-electron chi connectivity index (χ2n) is 7.53. The van der Waals surface area contributed by atoms with Crippen molar-refractivity contribution in [2.75, 3.05) is 11.6 Å². The first-order valence-corrected chi connectivity index (χ1v) is 12.4. The zero-order chi connectivity index (χ0) is 22.9. The molecule has 3 aromatic heterocycles. The van der Waals surface area contributed by atoms with Gasteiger partial charge in [-0.1, -0.05) is 36.4 Å². The number of thioether (sulfide) groups is 1. The van der Waals surface area contributed by atoms with Crippen molar-refractivity contribution in [3.8, 4) is 11.3 Å². The highest BCUT2D eigenvalue weighted by Crippen LogP contribution is 2.31. The summed E-state index contributed by atoms with van der Waals surface area (Å²) in [7, 11) is 0. The van der Waals surface area contributed by atoms with Crippen LogP contribution in [0.25, 0.3) is 31.7 Å². The van der Waals surface area contributed by atoms with Crippen molar-refractivity contribution in [2.24, 2.45) is 0 Å². The highest BCUT2D eigenvalue weighted by Gasteiger charge is 2.17. The summed E-state index contributed by atoms with van der Waals surface area (Å²) in [5.74, 6) is 0.220. The highest BCUT2D eigenvalue weighted by atomic mass is 32.2. The fourth-order valence-corrected chi connectivity index (χ4v) is 5.24. The van der Waals surface area contributed by atoms with Crippen molar-refractivity contribution in [3.63, 3.8) is 0 Å². The van der Waals surface area contributed by atoms with Gasteiger partial charge in [-0.3, -0.25) is 14.2 Å². The minimum atomic E-state index is -0.273. The molecule has 5 aromatic rings. The Morgan fingerprint density at radius 2 is 1.88 bits per heavy atom. The molecule has 33 heavy (non-hydrogen) atoms. The molecule has 164 valence electrons. The van der Waals surface area contributed by atoms with Crippen LogP contribution in [0.3, 0.4) is 0 Å². The summed E-state index contributed by atoms with van der Waals surface area (Å²) in [4.78, 5) is 37.2. The van der Waals surface area contributed by atoms with Gasteiger partial charge in [-0.2, -0.15) is 0 Å². The number of nitrogens with one attached hydrogen (secondary N) is 1. The predicted molar refractivity (Wildman–Crippen MR) is 136 cm³/mol. The van der Waals surface area contributed by atoms with Gasteiger partial charge in [-0.05, 0) is 43.5 Å². The smallest absolute Gasteiger partial charge is 0.272 e. The van der Waals surface area contributed by atoms with Crippen molar-refractivity contribution >= 4 is 55.1 Å². The fourth-order valence-electron chi connectivity index (χ4n) is 3.71. The molecule has 5 rings (SSSR count). The van der Waals surface area contributed by atoms with Gasteiger partial charge >= 0.3 is 0 Å². The van der Waals surface area contributed by atoms with Gasteiger partial charge in [0.15, 0.2) is 0 Å². The maximum Gasteiger partial charge on any atom is 0.272 e. The summed E-state index contributed by atoms with van der Waals surface area (Å²) in [6, 6.07) is 21.4. The molecule has 0 bridgehead atoms. The molecule has 0 aliphatic heterocycles. The first-order chi connectivity index (χ1) is 16.0. The third kappa shape index (κ3) is 4.15. The maximum atomic E-state index is 13.3. The molecule has 0 fully saturated rings. The molecule has 1 amide bonds. The number of hydrogen-bond donors (Lipinski definition) is 1. The summed E-state index contributed by atoms with van der Waals surface area (Å²) < 4.78 is 1.93. The Bertz CT molecular complexity index is 1560.